The highest BCUT2D eigenvalue weighted by Gasteiger charge is 2.46. The number of terminal acetylenes is 1. The summed E-state index contributed by atoms with van der Waals surface area (Å²) in [6, 6.07) is 35.1. The van der Waals surface area contributed by atoms with Crippen LogP contribution in [-0.2, 0) is 5.41 Å². The largest absolute Gasteiger partial charge is 0.508 e. The Balaban J connectivity index is 1.42. The third-order valence-electron chi connectivity index (χ3n) is 8.14. The molecule has 1 unspecified atom stereocenters. The van der Waals surface area contributed by atoms with Crippen LogP contribution in [0.1, 0.15) is 23.1 Å². The predicted molar refractivity (Wildman–Crippen MR) is 179 cm³/mol. The molecule has 0 bridgehead atoms. The second-order valence-corrected chi connectivity index (χ2v) is 11.9. The van der Waals surface area contributed by atoms with Crippen LogP contribution in [0, 0.1) is 12.3 Å². The van der Waals surface area contributed by atoms with Gasteiger partial charge in [0.05, 0.1) is 16.1 Å². The van der Waals surface area contributed by atoms with Gasteiger partial charge in [-0.3, -0.25) is 0 Å². The van der Waals surface area contributed by atoms with Crippen molar-refractivity contribution in [3.8, 4) is 29.2 Å². The number of phenolic OH excluding ortho intramolecular Hbond substituents is 1. The second-order valence-electron chi connectivity index (χ2n) is 10.4. The zero-order valence-corrected chi connectivity index (χ0v) is 24.2. The maximum atomic E-state index is 11.2. The van der Waals surface area contributed by atoms with Gasteiger partial charge in [-0.2, -0.15) is 0 Å². The topological polar surface area (TPSA) is 32.3 Å². The lowest BCUT2D eigenvalue weighted by molar-refractivity contribution is 0.454. The Kier molecular flexibility index (Phi) is 6.59. The van der Waals surface area contributed by atoms with Crippen molar-refractivity contribution in [2.24, 2.45) is 0 Å². The first-order valence-corrected chi connectivity index (χ1v) is 15.0. The molecular formula is C38H26ClNOS. The van der Waals surface area contributed by atoms with Gasteiger partial charge in [-0.1, -0.05) is 109 Å². The number of thiophene rings is 1. The molecule has 7 rings (SSSR count). The van der Waals surface area contributed by atoms with Crippen LogP contribution >= 0.6 is 22.9 Å². The lowest BCUT2D eigenvalue weighted by Crippen LogP contribution is -2.26. The van der Waals surface area contributed by atoms with E-state index in [-0.39, 0.29) is 5.75 Å². The van der Waals surface area contributed by atoms with E-state index in [4.69, 9.17) is 18.0 Å². The first-order valence-electron chi connectivity index (χ1n) is 13.8. The van der Waals surface area contributed by atoms with Gasteiger partial charge in [0.15, 0.2) is 0 Å². The van der Waals surface area contributed by atoms with Crippen molar-refractivity contribution in [2.75, 3.05) is 5.32 Å². The van der Waals surface area contributed by atoms with E-state index in [0.717, 1.165) is 39.2 Å². The number of hydrogen-bond acceptors (Lipinski definition) is 3. The standard InChI is InChI=1S/C38H26ClNOS/c1-2-3-4-5-12-22-38(29-17-9-10-20-34(29)41)28-16-8-6-15-26(28)37-30(38)18-13-19-32(37)40-33-24-36-27(23-31(33)39)25-14-7-11-21-35(25)42-36/h1,3-21,23-24,40-41H,22H2/b4-3-,12-5-. The molecule has 0 saturated heterocycles. The molecule has 5 aromatic carbocycles. The molecule has 0 aliphatic heterocycles. The smallest absolute Gasteiger partial charge is 0.120 e. The molecule has 6 aromatic rings. The minimum absolute atomic E-state index is 0.268. The fourth-order valence-electron chi connectivity index (χ4n) is 6.40. The molecule has 4 heteroatoms. The van der Waals surface area contributed by atoms with Crippen LogP contribution in [-0.4, -0.2) is 5.11 Å². The van der Waals surface area contributed by atoms with Crippen molar-refractivity contribution in [1.29, 1.82) is 0 Å². The van der Waals surface area contributed by atoms with Crippen molar-refractivity contribution in [2.45, 2.75) is 11.8 Å². The molecule has 0 spiro atoms. The monoisotopic (exact) mass is 579 g/mol. The summed E-state index contributed by atoms with van der Waals surface area (Å²) in [5, 5.41) is 18.0. The van der Waals surface area contributed by atoms with E-state index in [0.29, 0.717) is 11.4 Å². The van der Waals surface area contributed by atoms with Crippen LogP contribution in [0.4, 0.5) is 11.4 Å². The fraction of sp³-hybridized carbons (Fsp3) is 0.0526. The van der Waals surface area contributed by atoms with Gasteiger partial charge in [0.2, 0.25) is 0 Å². The molecule has 2 nitrogen and oxygen atoms in total. The number of fused-ring (bicyclic) bond motifs is 6. The third-order valence-corrected chi connectivity index (χ3v) is 9.59. The summed E-state index contributed by atoms with van der Waals surface area (Å²) in [4.78, 5) is 0. The molecule has 1 atom stereocenters. The number of halogens is 1. The normalized spacial score (nSPS) is 15.8. The summed E-state index contributed by atoms with van der Waals surface area (Å²) in [5.41, 5.74) is 6.60. The van der Waals surface area contributed by atoms with E-state index in [2.05, 4.69) is 96.2 Å². The second kappa shape index (κ2) is 10.6. The molecule has 0 saturated carbocycles. The Labute approximate surface area is 254 Å². The molecule has 1 aliphatic carbocycles. The number of hydrogen-bond donors (Lipinski definition) is 2. The van der Waals surface area contributed by atoms with Crippen LogP contribution in [0.25, 0.3) is 31.3 Å². The van der Waals surface area contributed by atoms with Crippen molar-refractivity contribution in [3.63, 3.8) is 0 Å². The predicted octanol–water partition coefficient (Wildman–Crippen LogP) is 10.6. The molecule has 0 radical (unpaired) electrons. The zero-order valence-electron chi connectivity index (χ0n) is 22.6. The lowest BCUT2D eigenvalue weighted by Gasteiger charge is -2.32. The number of anilines is 2. The van der Waals surface area contributed by atoms with Crippen LogP contribution in [0.5, 0.6) is 5.75 Å². The molecule has 42 heavy (non-hydrogen) atoms. The minimum Gasteiger partial charge on any atom is -0.508 e. The number of rotatable bonds is 6. The fourth-order valence-corrected chi connectivity index (χ4v) is 7.73. The Morgan fingerprint density at radius 1 is 0.786 bits per heavy atom. The maximum Gasteiger partial charge on any atom is 0.120 e. The maximum absolute atomic E-state index is 11.2. The van der Waals surface area contributed by atoms with Crippen LogP contribution in [0.3, 0.4) is 0 Å². The molecule has 1 aromatic heterocycles. The summed E-state index contributed by atoms with van der Waals surface area (Å²) in [5.74, 6) is 2.81. The average Bonchev–Trinajstić information content (AvgIpc) is 3.51. The molecule has 1 aliphatic rings. The van der Waals surface area contributed by atoms with Crippen molar-refractivity contribution in [3.05, 3.63) is 149 Å². The van der Waals surface area contributed by atoms with E-state index < -0.39 is 5.41 Å². The van der Waals surface area contributed by atoms with Gasteiger partial charge in [0.1, 0.15) is 5.75 Å². The first-order chi connectivity index (χ1) is 20.6. The highest BCUT2D eigenvalue weighted by molar-refractivity contribution is 7.25. The Morgan fingerprint density at radius 3 is 2.40 bits per heavy atom. The molecule has 0 fully saturated rings. The van der Waals surface area contributed by atoms with E-state index in [1.54, 1.807) is 23.5 Å². The number of para-hydroxylation sites is 1. The van der Waals surface area contributed by atoms with Crippen LogP contribution in [0.2, 0.25) is 5.02 Å². The van der Waals surface area contributed by atoms with Gasteiger partial charge in [-0.25, -0.2) is 0 Å². The van der Waals surface area contributed by atoms with Gasteiger partial charge in [0.25, 0.3) is 0 Å². The summed E-state index contributed by atoms with van der Waals surface area (Å²) < 4.78 is 2.43. The van der Waals surface area contributed by atoms with Crippen LogP contribution < -0.4 is 5.32 Å². The number of phenols is 1. The molecular weight excluding hydrogens is 554 g/mol. The first kappa shape index (κ1) is 26.2. The number of benzene rings is 5. The van der Waals surface area contributed by atoms with E-state index >= 15 is 0 Å². The summed E-state index contributed by atoms with van der Waals surface area (Å²) >= 11 is 8.69. The highest BCUT2D eigenvalue weighted by Crippen LogP contribution is 2.58. The van der Waals surface area contributed by atoms with Gasteiger partial charge in [-0.15, -0.1) is 17.8 Å². The van der Waals surface area contributed by atoms with Crippen molar-refractivity contribution < 1.29 is 5.11 Å². The highest BCUT2D eigenvalue weighted by atomic mass is 35.5. The lowest BCUT2D eigenvalue weighted by atomic mass is 9.69. The number of allylic oxidation sites excluding steroid dienone is 4. The summed E-state index contributed by atoms with van der Waals surface area (Å²) in [6.07, 6.45) is 13.7. The molecule has 202 valence electrons. The average molecular weight is 580 g/mol. The Hall–Kier alpha value is -4.75. The van der Waals surface area contributed by atoms with Crippen molar-refractivity contribution >= 4 is 54.5 Å². The number of nitrogens with one attached hydrogen (secondary N) is 1. The Morgan fingerprint density at radius 2 is 1.55 bits per heavy atom. The molecule has 2 N–H and O–H groups in total. The van der Waals surface area contributed by atoms with Crippen LogP contribution in [0.15, 0.2) is 127 Å². The minimum atomic E-state index is -0.603. The summed E-state index contributed by atoms with van der Waals surface area (Å²) in [7, 11) is 0. The van der Waals surface area contributed by atoms with E-state index in [9.17, 15) is 5.11 Å². The van der Waals surface area contributed by atoms with Crippen molar-refractivity contribution in [1.82, 2.24) is 0 Å². The van der Waals surface area contributed by atoms with Gasteiger partial charge in [0, 0.05) is 37.0 Å². The molecule has 1 heterocycles. The zero-order chi connectivity index (χ0) is 28.7. The third kappa shape index (κ3) is 4.11. The number of aromatic hydroxyl groups is 1. The van der Waals surface area contributed by atoms with Gasteiger partial charge < -0.3 is 10.4 Å². The molecule has 0 amide bonds. The van der Waals surface area contributed by atoms with E-state index in [1.165, 1.54) is 20.2 Å². The van der Waals surface area contributed by atoms with E-state index in [1.807, 2.05) is 30.4 Å². The Bertz CT molecular complexity index is 2100. The van der Waals surface area contributed by atoms with Gasteiger partial charge >= 0.3 is 0 Å². The quantitative estimate of drug-likeness (QED) is 0.152. The van der Waals surface area contributed by atoms with Gasteiger partial charge in [-0.05, 0) is 59.5 Å². The summed E-state index contributed by atoms with van der Waals surface area (Å²) in [6.45, 7) is 0. The SMILES string of the molecule is C#C/C=C\C=C/CC1(c2ccccc2O)c2ccccc2-c2c(Nc3cc4sc5ccccc5c4cc3Cl)cccc21.